The molecule has 15 heteroatoms. The van der Waals surface area contributed by atoms with E-state index in [-0.39, 0.29) is 85.3 Å². The summed E-state index contributed by atoms with van der Waals surface area (Å²) in [4.78, 5) is 0. The van der Waals surface area contributed by atoms with Gasteiger partial charge in [-0.05, 0) is 0 Å². The van der Waals surface area contributed by atoms with Gasteiger partial charge in [0.1, 0.15) is 0 Å². The average molecular weight is 254 g/mol. The van der Waals surface area contributed by atoms with Gasteiger partial charge >= 0.3 is 75.4 Å². The van der Waals surface area contributed by atoms with Gasteiger partial charge in [-0.1, -0.05) is 0 Å². The summed E-state index contributed by atoms with van der Waals surface area (Å²) >= 11 is 0. The van der Waals surface area contributed by atoms with Crippen molar-refractivity contribution >= 4 is 30.7 Å². The second-order valence-electron chi connectivity index (χ2n) is 0.816. The molecule has 0 bridgehead atoms. The zero-order valence-electron chi connectivity index (χ0n) is 8.79. The number of hydrogen-bond acceptors (Lipinski definition) is 8. The summed E-state index contributed by atoms with van der Waals surface area (Å²) in [6, 6.07) is 0. The van der Waals surface area contributed by atoms with Gasteiger partial charge in [0.25, 0.3) is 0 Å². The van der Waals surface area contributed by atoms with Crippen molar-refractivity contribution in [2.24, 2.45) is 0 Å². The Balaban J connectivity index is -0.0000000128. The molecule has 1 atom stereocenters. The standard InChI is InChI=1S/4Li.2H2O4S.H3P/c;;;;2*1-5(2,3)4;/h;;;;2*(H2,1,2,3,4);1H3/q4*+1;;;/p-4. The molecule has 0 amide bonds. The smallest absolute Gasteiger partial charge is 0.759 e. The van der Waals surface area contributed by atoms with Crippen molar-refractivity contribution in [2.75, 3.05) is 0 Å². The van der Waals surface area contributed by atoms with E-state index in [0.717, 1.165) is 0 Å². The first kappa shape index (κ1) is 43.2. The van der Waals surface area contributed by atoms with E-state index in [1.807, 2.05) is 0 Å². The molecule has 72 valence electrons. The van der Waals surface area contributed by atoms with Gasteiger partial charge in [0.15, 0.2) is 0 Å². The van der Waals surface area contributed by atoms with Crippen LogP contribution in [0.1, 0.15) is 0 Å². The average Bonchev–Trinajstić information content (AvgIpc) is 1.12. The van der Waals surface area contributed by atoms with Crippen LogP contribution < -0.4 is 75.4 Å². The Bertz CT molecular complexity index is 221. The predicted molar refractivity (Wildman–Crippen MR) is 32.1 cm³/mol. The van der Waals surface area contributed by atoms with Gasteiger partial charge in [0, 0.05) is 20.8 Å². The van der Waals surface area contributed by atoms with Gasteiger partial charge in [0.2, 0.25) is 0 Å². The van der Waals surface area contributed by atoms with Crippen LogP contribution in [-0.4, -0.2) is 35.0 Å². The first-order valence-corrected chi connectivity index (χ1v) is 4.00. The molecule has 0 saturated heterocycles. The Hall–Kier alpha value is 2.56. The summed E-state index contributed by atoms with van der Waals surface area (Å²) < 4.78 is 68.2. The van der Waals surface area contributed by atoms with Crippen molar-refractivity contribution in [1.82, 2.24) is 0 Å². The van der Waals surface area contributed by atoms with Gasteiger partial charge in [0.05, 0.1) is 0 Å². The van der Waals surface area contributed by atoms with E-state index in [1.165, 1.54) is 0 Å². The van der Waals surface area contributed by atoms with Crippen LogP contribution in [0.4, 0.5) is 0 Å². The van der Waals surface area contributed by atoms with E-state index in [0.29, 0.717) is 0 Å². The molecular formula is H3Li4O8PS2. The van der Waals surface area contributed by atoms with E-state index >= 15 is 0 Å². The normalized spacial score (nSPS) is 7.73. The Morgan fingerprint density at radius 1 is 0.533 bits per heavy atom. The van der Waals surface area contributed by atoms with Crippen LogP contribution in [0.3, 0.4) is 0 Å². The minimum absolute atomic E-state index is 0. The Kier molecular flexibility index (Phi) is 54.4. The van der Waals surface area contributed by atoms with Gasteiger partial charge in [-0.15, -0.1) is 0 Å². The van der Waals surface area contributed by atoms with Gasteiger partial charge in [-0.2, -0.15) is 9.90 Å². The van der Waals surface area contributed by atoms with Crippen LogP contribution in [0.25, 0.3) is 0 Å². The molecule has 8 nitrogen and oxygen atoms in total. The van der Waals surface area contributed by atoms with Crippen molar-refractivity contribution in [3.8, 4) is 0 Å². The fraction of sp³-hybridized carbons (Fsp3) is 0. The zero-order valence-corrected chi connectivity index (χ0v) is 11.8. The fourth-order valence-corrected chi connectivity index (χ4v) is 0. The Morgan fingerprint density at radius 3 is 0.533 bits per heavy atom. The molecule has 15 heavy (non-hydrogen) atoms. The maximum atomic E-state index is 8.52. The first-order valence-electron chi connectivity index (χ1n) is 1.33. The Labute approximate surface area is 140 Å². The molecule has 0 fully saturated rings. The molecule has 1 unspecified atom stereocenters. The van der Waals surface area contributed by atoms with E-state index in [4.69, 9.17) is 35.0 Å². The summed E-state index contributed by atoms with van der Waals surface area (Å²) in [5, 5.41) is 0. The number of hydrogen-bond donors (Lipinski definition) is 0. The minimum Gasteiger partial charge on any atom is -0.759 e. The summed E-state index contributed by atoms with van der Waals surface area (Å²) in [5.41, 5.74) is 0. The monoisotopic (exact) mass is 254 g/mol. The molecule has 0 aliphatic rings. The van der Waals surface area contributed by atoms with Crippen LogP contribution in [-0.2, 0) is 20.8 Å². The van der Waals surface area contributed by atoms with Crippen LogP contribution in [0.5, 0.6) is 0 Å². The van der Waals surface area contributed by atoms with Gasteiger partial charge < -0.3 is 18.2 Å². The molecule has 0 aromatic rings. The molecule has 0 aliphatic carbocycles. The van der Waals surface area contributed by atoms with E-state index in [2.05, 4.69) is 0 Å². The van der Waals surface area contributed by atoms with Crippen LogP contribution in [0.2, 0.25) is 0 Å². The Morgan fingerprint density at radius 2 is 0.533 bits per heavy atom. The third-order valence-electron chi connectivity index (χ3n) is 0. The molecular weight excluding hydrogens is 251 g/mol. The largest absolute Gasteiger partial charge is 1.00 e. The molecule has 0 rings (SSSR count). The fourth-order valence-electron chi connectivity index (χ4n) is 0. The van der Waals surface area contributed by atoms with Crippen LogP contribution in [0.15, 0.2) is 0 Å². The topological polar surface area (TPSA) is 161 Å². The molecule has 0 aromatic heterocycles. The van der Waals surface area contributed by atoms with E-state index in [1.54, 1.807) is 0 Å². The second kappa shape index (κ2) is 18.9. The van der Waals surface area contributed by atoms with Gasteiger partial charge in [-0.25, -0.2) is 0 Å². The molecule has 0 aliphatic heterocycles. The van der Waals surface area contributed by atoms with Crippen molar-refractivity contribution < 1.29 is 110 Å². The molecule has 0 aromatic carbocycles. The summed E-state index contributed by atoms with van der Waals surface area (Å²) in [6.07, 6.45) is 0. The molecule has 0 N–H and O–H groups in total. The first-order chi connectivity index (χ1) is 4.00. The molecule has 0 spiro atoms. The van der Waals surface area contributed by atoms with Crippen LogP contribution >= 0.6 is 9.90 Å². The third-order valence-corrected chi connectivity index (χ3v) is 0. The SMILES string of the molecule is O=S(=O)([O-])[O-].O=S(=O)([O-])[O-].P.[Li+].[Li+].[Li+].[Li+]. The maximum Gasteiger partial charge on any atom is 1.00 e. The van der Waals surface area contributed by atoms with Crippen molar-refractivity contribution in [2.45, 2.75) is 0 Å². The van der Waals surface area contributed by atoms with E-state index < -0.39 is 20.8 Å². The molecule has 0 saturated carbocycles. The van der Waals surface area contributed by atoms with Crippen LogP contribution in [0, 0.1) is 0 Å². The van der Waals surface area contributed by atoms with Gasteiger partial charge in [-0.3, -0.25) is 16.8 Å². The number of rotatable bonds is 0. The third kappa shape index (κ3) is 536. The summed E-state index contributed by atoms with van der Waals surface area (Å²) in [5.74, 6) is 0. The predicted octanol–water partition coefficient (Wildman–Crippen LogP) is -14.6. The zero-order chi connectivity index (χ0) is 9.00. The maximum absolute atomic E-state index is 8.52. The van der Waals surface area contributed by atoms with Crippen molar-refractivity contribution in [3.63, 3.8) is 0 Å². The minimum atomic E-state index is -5.17. The van der Waals surface area contributed by atoms with Crippen molar-refractivity contribution in [3.05, 3.63) is 0 Å². The quantitative estimate of drug-likeness (QED) is 0.178. The molecule has 0 radical (unpaired) electrons. The van der Waals surface area contributed by atoms with E-state index in [9.17, 15) is 0 Å². The summed E-state index contributed by atoms with van der Waals surface area (Å²) in [7, 11) is -10.3. The molecule has 0 heterocycles. The summed E-state index contributed by atoms with van der Waals surface area (Å²) in [6.45, 7) is 0. The van der Waals surface area contributed by atoms with Crippen molar-refractivity contribution in [1.29, 1.82) is 0 Å². The second-order valence-corrected chi connectivity index (χ2v) is 2.45.